The summed E-state index contributed by atoms with van der Waals surface area (Å²) in [4.78, 5) is 12.0. The molecule has 130 valence electrons. The van der Waals surface area contributed by atoms with Crippen molar-refractivity contribution in [3.05, 3.63) is 35.7 Å². The highest BCUT2D eigenvalue weighted by atomic mass is 32.2. The van der Waals surface area contributed by atoms with Crippen molar-refractivity contribution >= 4 is 23.4 Å². The van der Waals surface area contributed by atoms with Gasteiger partial charge in [-0.1, -0.05) is 30.8 Å². The monoisotopic (exact) mass is 358 g/mol. The number of hydrogen-bond acceptors (Lipinski definition) is 4. The molecule has 0 unspecified atom stereocenters. The number of aryl methyl sites for hydroxylation is 1. The summed E-state index contributed by atoms with van der Waals surface area (Å²) in [6.45, 7) is 4.54. The van der Waals surface area contributed by atoms with Crippen molar-refractivity contribution in [2.75, 3.05) is 11.1 Å². The average molecular weight is 358 g/mol. The molecule has 24 heavy (non-hydrogen) atoms. The molecule has 5 nitrogen and oxygen atoms in total. The number of anilines is 1. The minimum Gasteiger partial charge on any atom is -0.325 e. The Morgan fingerprint density at radius 3 is 2.67 bits per heavy atom. The average Bonchev–Trinajstić information content (AvgIpc) is 2.86. The molecule has 0 spiro atoms. The van der Waals surface area contributed by atoms with E-state index in [0.717, 1.165) is 36.6 Å². The Bertz CT molecular complexity index is 715. The maximum Gasteiger partial charge on any atom is 0.418 e. The zero-order chi connectivity index (χ0) is 17.7. The molecule has 0 radical (unpaired) electrons. The maximum atomic E-state index is 12.9. The molecule has 9 heteroatoms. The molecule has 0 saturated heterocycles. The van der Waals surface area contributed by atoms with Crippen LogP contribution in [0.25, 0.3) is 0 Å². The van der Waals surface area contributed by atoms with Gasteiger partial charge in [-0.2, -0.15) is 13.2 Å². The van der Waals surface area contributed by atoms with Gasteiger partial charge >= 0.3 is 6.18 Å². The number of para-hydroxylation sites is 1. The normalized spacial score (nSPS) is 11.5. The van der Waals surface area contributed by atoms with Crippen molar-refractivity contribution in [2.45, 2.75) is 38.1 Å². The predicted octanol–water partition coefficient (Wildman–Crippen LogP) is 3.75. The third-order valence-corrected chi connectivity index (χ3v) is 4.15. The van der Waals surface area contributed by atoms with Crippen molar-refractivity contribution in [2.24, 2.45) is 0 Å². The fourth-order valence-corrected chi connectivity index (χ4v) is 2.92. The van der Waals surface area contributed by atoms with Crippen molar-refractivity contribution in [1.29, 1.82) is 0 Å². The highest BCUT2D eigenvalue weighted by Gasteiger charge is 2.33. The van der Waals surface area contributed by atoms with E-state index in [1.54, 1.807) is 0 Å². The molecule has 1 aromatic carbocycles. The number of hydrogen-bond donors (Lipinski definition) is 1. The summed E-state index contributed by atoms with van der Waals surface area (Å²) in [6.07, 6.45) is -3.63. The molecule has 0 atom stereocenters. The summed E-state index contributed by atoms with van der Waals surface area (Å²) in [5.41, 5.74) is -1.12. The second kappa shape index (κ2) is 7.69. The molecule has 0 aliphatic heterocycles. The van der Waals surface area contributed by atoms with E-state index >= 15 is 0 Å². The lowest BCUT2D eigenvalue weighted by Crippen LogP contribution is -2.18. The molecule has 2 aromatic rings. The molecule has 0 bridgehead atoms. The van der Waals surface area contributed by atoms with E-state index in [1.165, 1.54) is 18.2 Å². The molecule has 2 rings (SSSR count). The Labute approximate surface area is 141 Å². The largest absolute Gasteiger partial charge is 0.418 e. The molecule has 0 aliphatic carbocycles. The Balaban J connectivity index is 2.03. The second-order valence-corrected chi connectivity index (χ2v) is 6.00. The number of rotatable bonds is 6. The number of nitrogens with zero attached hydrogens (tertiary/aromatic N) is 3. The van der Waals surface area contributed by atoms with Crippen molar-refractivity contribution in [3.8, 4) is 0 Å². The van der Waals surface area contributed by atoms with E-state index in [-0.39, 0.29) is 11.4 Å². The van der Waals surface area contributed by atoms with Crippen molar-refractivity contribution in [1.82, 2.24) is 14.8 Å². The van der Waals surface area contributed by atoms with Crippen LogP contribution in [0.3, 0.4) is 0 Å². The lowest BCUT2D eigenvalue weighted by molar-refractivity contribution is -0.137. The van der Waals surface area contributed by atoms with Crippen LogP contribution < -0.4 is 5.32 Å². The Kier molecular flexibility index (Phi) is 5.87. The maximum absolute atomic E-state index is 12.9. The van der Waals surface area contributed by atoms with E-state index < -0.39 is 17.6 Å². The van der Waals surface area contributed by atoms with Gasteiger partial charge < -0.3 is 9.88 Å². The van der Waals surface area contributed by atoms with Gasteiger partial charge in [0.15, 0.2) is 5.16 Å². The van der Waals surface area contributed by atoms with Gasteiger partial charge in [0.25, 0.3) is 0 Å². The number of halogens is 3. The zero-order valence-electron chi connectivity index (χ0n) is 13.2. The fourth-order valence-electron chi connectivity index (χ4n) is 2.11. The van der Waals surface area contributed by atoms with E-state index in [4.69, 9.17) is 0 Å². The Morgan fingerprint density at radius 1 is 1.29 bits per heavy atom. The number of thioether (sulfide) groups is 1. The van der Waals surface area contributed by atoms with E-state index in [9.17, 15) is 18.0 Å². The molecule has 1 N–H and O–H groups in total. The molecule has 1 heterocycles. The van der Waals surface area contributed by atoms with Gasteiger partial charge in [-0.15, -0.1) is 10.2 Å². The van der Waals surface area contributed by atoms with E-state index in [1.807, 2.05) is 18.4 Å². The van der Waals surface area contributed by atoms with Gasteiger partial charge in [0.05, 0.1) is 17.0 Å². The van der Waals surface area contributed by atoms with Gasteiger partial charge in [-0.05, 0) is 25.5 Å². The predicted molar refractivity (Wildman–Crippen MR) is 85.8 cm³/mol. The van der Waals surface area contributed by atoms with Gasteiger partial charge in [0, 0.05) is 6.54 Å². The van der Waals surface area contributed by atoms with Crippen LogP contribution in [0, 0.1) is 6.92 Å². The second-order valence-electron chi connectivity index (χ2n) is 5.06. The molecular weight excluding hydrogens is 341 g/mol. The van der Waals surface area contributed by atoms with Gasteiger partial charge in [-0.25, -0.2) is 0 Å². The quantitative estimate of drug-likeness (QED) is 0.799. The van der Waals surface area contributed by atoms with Gasteiger partial charge in [0.1, 0.15) is 5.82 Å². The van der Waals surface area contributed by atoms with Crippen LogP contribution in [-0.2, 0) is 17.5 Å². The number of benzene rings is 1. The van der Waals surface area contributed by atoms with Crippen LogP contribution in [0.4, 0.5) is 18.9 Å². The summed E-state index contributed by atoms with van der Waals surface area (Å²) in [7, 11) is 0. The summed E-state index contributed by atoms with van der Waals surface area (Å²) in [6, 6.07) is 4.89. The minimum atomic E-state index is -4.52. The molecule has 0 fully saturated rings. The third-order valence-electron chi connectivity index (χ3n) is 3.19. The molecule has 1 aromatic heterocycles. The summed E-state index contributed by atoms with van der Waals surface area (Å²) < 4.78 is 40.6. The smallest absolute Gasteiger partial charge is 0.325 e. The number of aromatic nitrogens is 3. The van der Waals surface area contributed by atoms with Crippen LogP contribution in [0.2, 0.25) is 0 Å². The first-order valence-corrected chi connectivity index (χ1v) is 8.30. The summed E-state index contributed by atoms with van der Waals surface area (Å²) >= 11 is 1.14. The summed E-state index contributed by atoms with van der Waals surface area (Å²) in [5.74, 6) is 0.163. The van der Waals surface area contributed by atoms with Crippen LogP contribution in [-0.4, -0.2) is 26.4 Å². The lowest BCUT2D eigenvalue weighted by Gasteiger charge is -2.13. The fraction of sp³-hybridized carbons (Fsp3) is 0.400. The zero-order valence-corrected chi connectivity index (χ0v) is 14.0. The molecule has 0 aliphatic rings. The topological polar surface area (TPSA) is 59.8 Å². The number of carbonyl (C=O) groups excluding carboxylic acids is 1. The Hall–Kier alpha value is -2.03. The first kappa shape index (κ1) is 18.3. The van der Waals surface area contributed by atoms with E-state index in [0.29, 0.717) is 5.16 Å². The highest BCUT2D eigenvalue weighted by Crippen LogP contribution is 2.34. The SMILES string of the molecule is CCCn1c(C)nnc1SCC(=O)Nc1ccccc1C(F)(F)F. The molecule has 0 saturated carbocycles. The number of amides is 1. The van der Waals surface area contributed by atoms with Crippen LogP contribution in [0.1, 0.15) is 24.7 Å². The lowest BCUT2D eigenvalue weighted by atomic mass is 10.1. The number of carbonyl (C=O) groups is 1. The van der Waals surface area contributed by atoms with Crippen molar-refractivity contribution < 1.29 is 18.0 Å². The molecular formula is C15H17F3N4OS. The number of nitrogens with one attached hydrogen (secondary N) is 1. The third kappa shape index (κ3) is 4.50. The Morgan fingerprint density at radius 2 is 2.00 bits per heavy atom. The standard InChI is InChI=1S/C15H17F3N4OS/c1-3-8-22-10(2)20-21-14(22)24-9-13(23)19-12-7-5-4-6-11(12)15(16,17)18/h4-7H,3,8-9H2,1-2H3,(H,19,23). The minimum absolute atomic E-state index is 0.0476. The first-order chi connectivity index (χ1) is 11.3. The van der Waals surface area contributed by atoms with Crippen molar-refractivity contribution in [3.63, 3.8) is 0 Å². The van der Waals surface area contributed by atoms with Gasteiger partial charge in [0.2, 0.25) is 5.91 Å². The van der Waals surface area contributed by atoms with Crippen LogP contribution in [0.15, 0.2) is 29.4 Å². The van der Waals surface area contributed by atoms with Crippen LogP contribution >= 0.6 is 11.8 Å². The molecule has 1 amide bonds. The first-order valence-electron chi connectivity index (χ1n) is 7.31. The highest BCUT2D eigenvalue weighted by molar-refractivity contribution is 7.99. The number of alkyl halides is 3. The summed E-state index contributed by atoms with van der Waals surface area (Å²) in [5, 5.41) is 10.8. The van der Waals surface area contributed by atoms with E-state index in [2.05, 4.69) is 15.5 Å². The van der Waals surface area contributed by atoms with Gasteiger partial charge in [-0.3, -0.25) is 4.79 Å². The van der Waals surface area contributed by atoms with Crippen LogP contribution in [0.5, 0.6) is 0 Å².